The van der Waals surface area contributed by atoms with Crippen molar-refractivity contribution in [1.29, 1.82) is 0 Å². The number of aliphatic imine (C=N–C) groups is 1. The molecule has 0 bridgehead atoms. The van der Waals surface area contributed by atoms with Crippen molar-refractivity contribution in [2.75, 3.05) is 26.9 Å². The predicted octanol–water partition coefficient (Wildman–Crippen LogP) is 4.82. The van der Waals surface area contributed by atoms with Crippen LogP contribution in [0, 0.1) is 0 Å². The first kappa shape index (κ1) is 29.8. The van der Waals surface area contributed by atoms with Gasteiger partial charge in [-0.2, -0.15) is 0 Å². The largest absolute Gasteiger partial charge is 0.497 e. The first-order chi connectivity index (χ1) is 21.1. The summed E-state index contributed by atoms with van der Waals surface area (Å²) in [7, 11) is 1.61. The van der Waals surface area contributed by atoms with Crippen LogP contribution in [0.15, 0.2) is 114 Å². The molecule has 4 aromatic rings. The summed E-state index contributed by atoms with van der Waals surface area (Å²) in [6.07, 6.45) is 0.891. The molecule has 0 radical (unpaired) electrons. The molecule has 4 aromatic carbocycles. The first-order valence-corrected chi connectivity index (χ1v) is 14.5. The lowest BCUT2D eigenvalue weighted by atomic mass is 9.82. The molecule has 0 fully saturated rings. The van der Waals surface area contributed by atoms with Crippen molar-refractivity contribution in [2.24, 2.45) is 4.99 Å². The minimum Gasteiger partial charge on any atom is -0.497 e. The molecule has 8 heteroatoms. The predicted molar refractivity (Wildman–Crippen MR) is 166 cm³/mol. The van der Waals surface area contributed by atoms with Crippen LogP contribution in [0.1, 0.15) is 34.8 Å². The van der Waals surface area contributed by atoms with Gasteiger partial charge in [0, 0.05) is 31.6 Å². The SMILES string of the molecule is COc1cccc([C@@H]2OC(c3ccc(OCCCO)cc3)=N[C@]2(Cc2ccccc2)C(=O)NNCCc2ccccc2)c1. The normalized spacial score (nSPS) is 17.5. The van der Waals surface area contributed by atoms with E-state index in [1.54, 1.807) is 7.11 Å². The molecule has 8 nitrogen and oxygen atoms in total. The van der Waals surface area contributed by atoms with Crippen LogP contribution in [-0.2, 0) is 22.4 Å². The number of carbonyl (C=O) groups is 1. The zero-order chi connectivity index (χ0) is 29.9. The third kappa shape index (κ3) is 7.41. The molecule has 3 N–H and O–H groups in total. The van der Waals surface area contributed by atoms with Crippen LogP contribution in [-0.4, -0.2) is 49.3 Å². The van der Waals surface area contributed by atoms with Gasteiger partial charge >= 0.3 is 0 Å². The van der Waals surface area contributed by atoms with Gasteiger partial charge in [0.05, 0.1) is 13.7 Å². The van der Waals surface area contributed by atoms with Crippen LogP contribution in [0.25, 0.3) is 0 Å². The summed E-state index contributed by atoms with van der Waals surface area (Å²) in [6, 6.07) is 34.9. The van der Waals surface area contributed by atoms with E-state index in [9.17, 15) is 4.79 Å². The molecular formula is C35H37N3O5. The van der Waals surface area contributed by atoms with E-state index >= 15 is 0 Å². The number of hydrogen-bond acceptors (Lipinski definition) is 7. The van der Waals surface area contributed by atoms with E-state index in [4.69, 9.17) is 24.3 Å². The minimum atomic E-state index is -1.32. The van der Waals surface area contributed by atoms with Crippen molar-refractivity contribution in [3.63, 3.8) is 0 Å². The van der Waals surface area contributed by atoms with Crippen molar-refractivity contribution >= 4 is 11.8 Å². The van der Waals surface area contributed by atoms with Gasteiger partial charge in [0.1, 0.15) is 11.5 Å². The van der Waals surface area contributed by atoms with E-state index in [1.165, 1.54) is 5.56 Å². The Hall–Kier alpha value is -4.66. The van der Waals surface area contributed by atoms with Crippen LogP contribution in [0.3, 0.4) is 0 Å². The van der Waals surface area contributed by atoms with E-state index in [0.29, 0.717) is 43.4 Å². The highest BCUT2D eigenvalue weighted by atomic mass is 16.5. The number of nitrogens with zero attached hydrogens (tertiary/aromatic N) is 1. The lowest BCUT2D eigenvalue weighted by Gasteiger charge is -2.31. The van der Waals surface area contributed by atoms with Crippen molar-refractivity contribution in [1.82, 2.24) is 10.9 Å². The molecule has 0 spiro atoms. The van der Waals surface area contributed by atoms with Crippen LogP contribution < -0.4 is 20.3 Å². The molecule has 0 saturated carbocycles. The van der Waals surface area contributed by atoms with Gasteiger partial charge < -0.3 is 19.3 Å². The average molecular weight is 580 g/mol. The average Bonchev–Trinajstić information content (AvgIpc) is 3.45. The molecule has 1 heterocycles. The van der Waals surface area contributed by atoms with Gasteiger partial charge in [-0.25, -0.2) is 10.4 Å². The molecule has 2 atom stereocenters. The van der Waals surface area contributed by atoms with E-state index < -0.39 is 11.6 Å². The Bertz CT molecular complexity index is 1500. The highest BCUT2D eigenvalue weighted by molar-refractivity contribution is 6.01. The third-order valence-corrected chi connectivity index (χ3v) is 7.33. The van der Waals surface area contributed by atoms with Crippen molar-refractivity contribution in [3.8, 4) is 11.5 Å². The molecule has 0 aliphatic carbocycles. The standard InChI is InChI=1S/C35H37N3O5/c1-41-31-15-8-14-29(24-31)32-35(25-27-12-6-3-7-13-27,34(40)38-36-21-20-26-10-4-2-5-11-26)37-33(43-32)28-16-18-30(19-17-28)42-23-9-22-39/h2-8,10-19,24,32,36,39H,9,20-23,25H2,1H3,(H,38,40)/t32-,35-/m0/s1. The maximum atomic E-state index is 14.3. The minimum absolute atomic E-state index is 0.0705. The number of amides is 1. The fraction of sp³-hybridized carbons (Fsp3) is 0.257. The quantitative estimate of drug-likeness (QED) is 0.146. The van der Waals surface area contributed by atoms with E-state index in [1.807, 2.05) is 97.1 Å². The van der Waals surface area contributed by atoms with Crippen LogP contribution in [0.5, 0.6) is 11.5 Å². The molecule has 43 heavy (non-hydrogen) atoms. The van der Waals surface area contributed by atoms with Gasteiger partial charge in [0.25, 0.3) is 5.91 Å². The molecule has 1 amide bonds. The van der Waals surface area contributed by atoms with Crippen LogP contribution >= 0.6 is 0 Å². The topological polar surface area (TPSA) is 101 Å². The Morgan fingerprint density at radius 3 is 2.33 bits per heavy atom. The molecule has 1 aliphatic rings. The molecule has 1 aliphatic heterocycles. The molecule has 222 valence electrons. The second kappa shape index (κ2) is 14.5. The molecular weight excluding hydrogens is 542 g/mol. The second-order valence-electron chi connectivity index (χ2n) is 10.3. The molecule has 0 saturated heterocycles. The lowest BCUT2D eigenvalue weighted by Crippen LogP contribution is -2.54. The Labute approximate surface area is 252 Å². The van der Waals surface area contributed by atoms with E-state index in [0.717, 1.165) is 23.1 Å². The maximum Gasteiger partial charge on any atom is 0.266 e. The van der Waals surface area contributed by atoms with Crippen molar-refractivity contribution in [3.05, 3.63) is 131 Å². The lowest BCUT2D eigenvalue weighted by molar-refractivity contribution is -0.130. The highest BCUT2D eigenvalue weighted by Crippen LogP contribution is 2.43. The Morgan fingerprint density at radius 2 is 1.63 bits per heavy atom. The number of carbonyl (C=O) groups excluding carboxylic acids is 1. The summed E-state index contributed by atoms with van der Waals surface area (Å²) in [5, 5.41) is 9.05. The Kier molecular flexibility index (Phi) is 10.0. The van der Waals surface area contributed by atoms with Gasteiger partial charge in [-0.3, -0.25) is 10.2 Å². The Balaban J connectivity index is 1.48. The first-order valence-electron chi connectivity index (χ1n) is 14.5. The van der Waals surface area contributed by atoms with Crippen LogP contribution in [0.4, 0.5) is 0 Å². The summed E-state index contributed by atoms with van der Waals surface area (Å²) in [5.74, 6) is 1.41. The number of aliphatic hydroxyl groups is 1. The monoisotopic (exact) mass is 579 g/mol. The highest BCUT2D eigenvalue weighted by Gasteiger charge is 2.53. The number of methoxy groups -OCH3 is 1. The Morgan fingerprint density at radius 1 is 0.907 bits per heavy atom. The second-order valence-corrected chi connectivity index (χ2v) is 10.3. The van der Waals surface area contributed by atoms with Gasteiger partial charge in [-0.05, 0) is 59.5 Å². The van der Waals surface area contributed by atoms with E-state index in [-0.39, 0.29) is 12.5 Å². The van der Waals surface area contributed by atoms with Crippen molar-refractivity contribution < 1.29 is 24.1 Å². The van der Waals surface area contributed by atoms with Gasteiger partial charge in [0.15, 0.2) is 11.6 Å². The van der Waals surface area contributed by atoms with Gasteiger partial charge in [0.2, 0.25) is 5.90 Å². The number of hydrazine groups is 1. The zero-order valence-corrected chi connectivity index (χ0v) is 24.2. The fourth-order valence-electron chi connectivity index (χ4n) is 5.10. The number of rotatable bonds is 14. The van der Waals surface area contributed by atoms with Crippen LogP contribution in [0.2, 0.25) is 0 Å². The van der Waals surface area contributed by atoms with Gasteiger partial charge in [-0.15, -0.1) is 0 Å². The maximum absolute atomic E-state index is 14.3. The van der Waals surface area contributed by atoms with Gasteiger partial charge in [-0.1, -0.05) is 72.8 Å². The molecule has 0 unspecified atom stereocenters. The number of aliphatic hydroxyl groups excluding tert-OH is 1. The third-order valence-electron chi connectivity index (χ3n) is 7.33. The fourth-order valence-corrected chi connectivity index (χ4v) is 5.10. The van der Waals surface area contributed by atoms with Crippen molar-refractivity contribution in [2.45, 2.75) is 30.9 Å². The summed E-state index contributed by atoms with van der Waals surface area (Å²) in [6.45, 7) is 1.04. The summed E-state index contributed by atoms with van der Waals surface area (Å²) >= 11 is 0. The smallest absolute Gasteiger partial charge is 0.266 e. The molecule has 0 aromatic heterocycles. The number of hydrogen-bond donors (Lipinski definition) is 3. The molecule has 5 rings (SSSR count). The summed E-state index contributed by atoms with van der Waals surface area (Å²) in [5.41, 5.74) is 8.37. The summed E-state index contributed by atoms with van der Waals surface area (Å²) < 4.78 is 17.8. The summed E-state index contributed by atoms with van der Waals surface area (Å²) in [4.78, 5) is 19.3. The van der Waals surface area contributed by atoms with E-state index in [2.05, 4.69) is 23.0 Å². The number of ether oxygens (including phenoxy) is 3. The number of benzene rings is 4. The number of nitrogens with one attached hydrogen (secondary N) is 2. The zero-order valence-electron chi connectivity index (χ0n) is 24.2.